The van der Waals surface area contributed by atoms with Crippen LogP contribution in [0.5, 0.6) is 5.75 Å². The molecular formula is C36H41N3O5S. The lowest BCUT2D eigenvalue weighted by Crippen LogP contribution is -2.53. The van der Waals surface area contributed by atoms with Crippen molar-refractivity contribution in [3.63, 3.8) is 0 Å². The van der Waals surface area contributed by atoms with Crippen LogP contribution in [0.15, 0.2) is 114 Å². The number of sulfonamides is 1. The number of benzene rings is 4. The smallest absolute Gasteiger partial charge is 0.264 e. The summed E-state index contributed by atoms with van der Waals surface area (Å²) in [7, 11) is -2.77. The van der Waals surface area contributed by atoms with Gasteiger partial charge in [0.2, 0.25) is 11.8 Å². The molecule has 0 spiro atoms. The van der Waals surface area contributed by atoms with E-state index >= 15 is 0 Å². The van der Waals surface area contributed by atoms with E-state index in [1.807, 2.05) is 81.4 Å². The van der Waals surface area contributed by atoms with Gasteiger partial charge in [-0.05, 0) is 48.2 Å². The van der Waals surface area contributed by atoms with E-state index in [2.05, 4.69) is 5.32 Å². The van der Waals surface area contributed by atoms with Crippen LogP contribution in [0.25, 0.3) is 0 Å². The van der Waals surface area contributed by atoms with E-state index in [1.54, 1.807) is 36.4 Å². The number of carbonyl (C=O) groups excluding carboxylic acids is 2. The molecule has 1 N–H and O–H groups in total. The van der Waals surface area contributed by atoms with Crippen LogP contribution in [0.2, 0.25) is 0 Å². The van der Waals surface area contributed by atoms with Crippen molar-refractivity contribution in [1.82, 2.24) is 10.2 Å². The fourth-order valence-electron chi connectivity index (χ4n) is 4.94. The standard InChI is InChI=1S/C36H41N3O5S/c1-27(2)24-37-36(41)33(23-29-13-7-5-8-14-29)38(25-30-15-9-6-10-16-30)35(40)26-39(32-17-11-12-18-34(32)44-4)45(42,43)31-21-19-28(3)20-22-31/h5-22,27,33H,23-26H2,1-4H3,(H,37,41). The number of nitrogens with zero attached hydrogens (tertiary/aromatic N) is 2. The fourth-order valence-corrected chi connectivity index (χ4v) is 6.37. The van der Waals surface area contributed by atoms with Gasteiger partial charge in [-0.25, -0.2) is 8.42 Å². The van der Waals surface area contributed by atoms with Crippen LogP contribution >= 0.6 is 0 Å². The van der Waals surface area contributed by atoms with Crippen LogP contribution in [0.1, 0.15) is 30.5 Å². The third-order valence-corrected chi connectivity index (χ3v) is 9.17. The second kappa shape index (κ2) is 15.4. The SMILES string of the molecule is COc1ccccc1N(CC(=O)N(Cc1ccccc1)C(Cc1ccccc1)C(=O)NCC(C)C)S(=O)(=O)c1ccc(C)cc1. The van der Waals surface area contributed by atoms with Crippen molar-refractivity contribution in [1.29, 1.82) is 0 Å². The number of nitrogens with one attached hydrogen (secondary N) is 1. The number of methoxy groups -OCH3 is 1. The maximum atomic E-state index is 14.5. The molecule has 8 nitrogen and oxygen atoms in total. The molecule has 0 aromatic heterocycles. The molecule has 1 atom stereocenters. The van der Waals surface area contributed by atoms with Crippen molar-refractivity contribution >= 4 is 27.5 Å². The van der Waals surface area contributed by atoms with Crippen molar-refractivity contribution in [3.8, 4) is 5.75 Å². The molecule has 1 unspecified atom stereocenters. The van der Waals surface area contributed by atoms with E-state index in [1.165, 1.54) is 24.1 Å². The van der Waals surface area contributed by atoms with E-state index in [9.17, 15) is 18.0 Å². The highest BCUT2D eigenvalue weighted by Crippen LogP contribution is 2.32. The quantitative estimate of drug-likeness (QED) is 0.196. The molecule has 45 heavy (non-hydrogen) atoms. The first-order valence-corrected chi connectivity index (χ1v) is 16.4. The summed E-state index contributed by atoms with van der Waals surface area (Å²) in [6.07, 6.45) is 0.253. The lowest BCUT2D eigenvalue weighted by molar-refractivity contribution is -0.140. The first-order valence-electron chi connectivity index (χ1n) is 15.0. The summed E-state index contributed by atoms with van der Waals surface area (Å²) in [6.45, 7) is 5.87. The summed E-state index contributed by atoms with van der Waals surface area (Å²) in [6, 6.07) is 31.1. The highest BCUT2D eigenvalue weighted by Gasteiger charge is 2.35. The van der Waals surface area contributed by atoms with E-state index in [-0.39, 0.29) is 35.4 Å². The summed E-state index contributed by atoms with van der Waals surface area (Å²) in [5.41, 5.74) is 2.81. The number of anilines is 1. The molecule has 0 saturated carbocycles. The molecule has 0 fully saturated rings. The van der Waals surface area contributed by atoms with Crippen LogP contribution in [0, 0.1) is 12.8 Å². The van der Waals surface area contributed by atoms with E-state index in [0.29, 0.717) is 12.3 Å². The van der Waals surface area contributed by atoms with E-state index in [0.717, 1.165) is 21.0 Å². The minimum absolute atomic E-state index is 0.0388. The Kier molecular flexibility index (Phi) is 11.4. The Morgan fingerprint density at radius 1 is 0.800 bits per heavy atom. The van der Waals surface area contributed by atoms with Gasteiger partial charge in [0, 0.05) is 19.5 Å². The molecule has 2 amide bonds. The Bertz CT molecular complexity index is 1660. The van der Waals surface area contributed by atoms with Gasteiger partial charge in [-0.3, -0.25) is 13.9 Å². The van der Waals surface area contributed by atoms with E-state index in [4.69, 9.17) is 4.74 Å². The van der Waals surface area contributed by atoms with Crippen molar-refractivity contribution < 1.29 is 22.7 Å². The first-order chi connectivity index (χ1) is 21.6. The highest BCUT2D eigenvalue weighted by molar-refractivity contribution is 7.92. The van der Waals surface area contributed by atoms with Crippen LogP contribution in [0.4, 0.5) is 5.69 Å². The van der Waals surface area contributed by atoms with Gasteiger partial charge in [-0.2, -0.15) is 0 Å². The lowest BCUT2D eigenvalue weighted by Gasteiger charge is -2.34. The second-order valence-electron chi connectivity index (χ2n) is 11.3. The highest BCUT2D eigenvalue weighted by atomic mass is 32.2. The Morgan fingerprint density at radius 3 is 1.98 bits per heavy atom. The zero-order chi connectivity index (χ0) is 32.4. The largest absolute Gasteiger partial charge is 0.495 e. The van der Waals surface area contributed by atoms with Gasteiger partial charge in [-0.15, -0.1) is 0 Å². The number of hydrogen-bond acceptors (Lipinski definition) is 5. The van der Waals surface area contributed by atoms with Gasteiger partial charge >= 0.3 is 0 Å². The zero-order valence-corrected chi connectivity index (χ0v) is 27.0. The lowest BCUT2D eigenvalue weighted by atomic mass is 10.0. The summed E-state index contributed by atoms with van der Waals surface area (Å²) in [4.78, 5) is 29.9. The van der Waals surface area contributed by atoms with Gasteiger partial charge < -0.3 is 15.0 Å². The molecule has 0 aliphatic rings. The molecular weight excluding hydrogens is 586 g/mol. The number of hydrogen-bond donors (Lipinski definition) is 1. The van der Waals surface area contributed by atoms with Crippen molar-refractivity contribution in [3.05, 3.63) is 126 Å². The number of carbonyl (C=O) groups is 2. The van der Waals surface area contributed by atoms with Crippen LogP contribution in [-0.2, 0) is 32.6 Å². The van der Waals surface area contributed by atoms with Gasteiger partial charge in [0.05, 0.1) is 17.7 Å². The van der Waals surface area contributed by atoms with E-state index < -0.39 is 28.5 Å². The van der Waals surface area contributed by atoms with Gasteiger partial charge in [0.25, 0.3) is 10.0 Å². The van der Waals surface area contributed by atoms with Crippen LogP contribution in [-0.4, -0.2) is 51.4 Å². The van der Waals surface area contributed by atoms with Crippen LogP contribution in [0.3, 0.4) is 0 Å². The van der Waals surface area contributed by atoms with Gasteiger partial charge in [0.1, 0.15) is 18.3 Å². The third-order valence-electron chi connectivity index (χ3n) is 7.39. The second-order valence-corrected chi connectivity index (χ2v) is 13.2. The molecule has 0 bridgehead atoms. The molecule has 0 heterocycles. The Morgan fingerprint density at radius 2 is 1.38 bits per heavy atom. The molecule has 4 aromatic carbocycles. The molecule has 9 heteroatoms. The molecule has 0 aliphatic carbocycles. The Hall–Kier alpha value is -4.63. The number of aryl methyl sites for hydroxylation is 1. The normalized spacial score (nSPS) is 11.9. The molecule has 4 aromatic rings. The van der Waals surface area contributed by atoms with Crippen molar-refractivity contribution in [2.45, 2.75) is 44.7 Å². The first kappa shape index (κ1) is 33.3. The van der Waals surface area contributed by atoms with Gasteiger partial charge in [-0.1, -0.05) is 104 Å². The maximum absolute atomic E-state index is 14.5. The summed E-state index contributed by atoms with van der Waals surface area (Å²) in [5, 5.41) is 3.00. The minimum Gasteiger partial charge on any atom is -0.495 e. The van der Waals surface area contributed by atoms with Crippen LogP contribution < -0.4 is 14.4 Å². The van der Waals surface area contributed by atoms with Gasteiger partial charge in [0.15, 0.2) is 0 Å². The molecule has 0 radical (unpaired) electrons. The number of ether oxygens (including phenoxy) is 1. The maximum Gasteiger partial charge on any atom is 0.264 e. The number of para-hydroxylation sites is 2. The number of amides is 2. The average molecular weight is 628 g/mol. The summed E-state index contributed by atoms with van der Waals surface area (Å²) < 4.78 is 35.1. The van der Waals surface area contributed by atoms with Crippen molar-refractivity contribution in [2.75, 3.05) is 24.5 Å². The molecule has 236 valence electrons. The molecule has 0 saturated heterocycles. The Labute approximate surface area is 266 Å². The Balaban J connectivity index is 1.81. The third kappa shape index (κ3) is 8.73. The zero-order valence-electron chi connectivity index (χ0n) is 26.2. The molecule has 4 rings (SSSR count). The van der Waals surface area contributed by atoms with Crippen molar-refractivity contribution in [2.24, 2.45) is 5.92 Å². The summed E-state index contributed by atoms with van der Waals surface area (Å²) in [5.74, 6) is -0.334. The molecule has 0 aliphatic heterocycles. The fraction of sp³-hybridized carbons (Fsp3) is 0.278. The summed E-state index contributed by atoms with van der Waals surface area (Å²) >= 11 is 0. The monoisotopic (exact) mass is 627 g/mol. The average Bonchev–Trinajstić information content (AvgIpc) is 3.05. The minimum atomic E-state index is -4.23. The predicted molar refractivity (Wildman–Crippen MR) is 177 cm³/mol. The predicted octanol–water partition coefficient (Wildman–Crippen LogP) is 5.61. The number of rotatable bonds is 14. The topological polar surface area (TPSA) is 96.0 Å².